The topological polar surface area (TPSA) is 107 Å². The van der Waals surface area contributed by atoms with Gasteiger partial charge in [0, 0.05) is 11.2 Å². The smallest absolute Gasteiger partial charge is 0.248 e. The molecule has 2 saturated heterocycles. The van der Waals surface area contributed by atoms with Crippen molar-refractivity contribution < 1.29 is 18.2 Å². The molecule has 3 aliphatic rings. The number of imidazole rings is 1. The first kappa shape index (κ1) is 29.6. The Bertz CT molecular complexity index is 1300. The Morgan fingerprint density at radius 3 is 2.77 bits per heavy atom. The van der Waals surface area contributed by atoms with Gasteiger partial charge in [-0.15, -0.1) is 0 Å². The maximum atomic E-state index is 6.91. The maximum absolute atomic E-state index is 6.91. The molecule has 216 valence electrons. The number of ether oxygens (including phenoxy) is 1. The van der Waals surface area contributed by atoms with Gasteiger partial charge < -0.3 is 23.9 Å². The number of hydrogen-bond donors (Lipinski definition) is 1. The monoisotopic (exact) mass is 611 g/mol. The Labute approximate surface area is 242 Å². The van der Waals surface area contributed by atoms with E-state index in [1.165, 1.54) is 11.9 Å². The Morgan fingerprint density at radius 2 is 2.08 bits per heavy atom. The summed E-state index contributed by atoms with van der Waals surface area (Å²) in [4.78, 5) is 12.9. The lowest BCUT2D eigenvalue weighted by molar-refractivity contribution is -0.0367. The van der Waals surface area contributed by atoms with E-state index in [0.29, 0.717) is 35.9 Å². The van der Waals surface area contributed by atoms with Gasteiger partial charge in [-0.3, -0.25) is 4.57 Å². The molecule has 0 bridgehead atoms. The fourth-order valence-corrected chi connectivity index (χ4v) is 13.9. The molecule has 1 saturated carbocycles. The minimum atomic E-state index is -2.55. The quantitative estimate of drug-likeness (QED) is 0.209. The van der Waals surface area contributed by atoms with Gasteiger partial charge in [0.05, 0.1) is 25.1 Å². The zero-order valence-electron chi connectivity index (χ0n) is 24.0. The fraction of sp³-hybridized carbons (Fsp3) is 0.731. The highest BCUT2D eigenvalue weighted by Gasteiger charge is 2.54. The van der Waals surface area contributed by atoms with Gasteiger partial charge in [0.25, 0.3) is 0 Å². The Balaban J connectivity index is 1.34. The standard InChI is InChI=1S/C26H42N5O4PS2Si/c1-16(2)17-9-10-26(6)20(11-17)34-36(37,38-26)32-13-19-18(35-39(7,8)25(3,4)5)12-21(33-19)31-15-30-22-23(27)28-14-29-24(22)31/h14-15,17-21H,1,9-13H2,2-8H3,(H2,27,28,29)/t17-,18-,19+,20+,21+,26+,36?/m0/s1. The normalized spacial score (nSPS) is 35.4. The van der Waals surface area contributed by atoms with Crippen LogP contribution in [0.15, 0.2) is 24.8 Å². The third-order valence-corrected chi connectivity index (χ3v) is 19.3. The van der Waals surface area contributed by atoms with E-state index in [-0.39, 0.29) is 34.3 Å². The second-order valence-corrected chi connectivity index (χ2v) is 24.3. The minimum Gasteiger partial charge on any atom is -0.411 e. The van der Waals surface area contributed by atoms with Crippen LogP contribution in [0.3, 0.4) is 0 Å². The summed E-state index contributed by atoms with van der Waals surface area (Å²) in [6.45, 7) is 20.2. The molecular weight excluding hydrogens is 570 g/mol. The molecule has 7 atom stereocenters. The predicted octanol–water partition coefficient (Wildman–Crippen LogP) is 6.59. The Kier molecular flexibility index (Phi) is 7.94. The SMILES string of the molecule is C=C(C)[C@H]1CC[C@@]2(C)SP(=S)(OC[C@H]3O[C@@H](n4cnc5c(N)ncnc54)C[C@@H]3O[Si](C)(C)C(C)(C)C)O[C@@H]2C1. The molecular formula is C26H42N5O4PS2Si. The zero-order valence-corrected chi connectivity index (χ0v) is 27.6. The number of hydrogen-bond acceptors (Lipinski definition) is 10. The second-order valence-electron chi connectivity index (χ2n) is 12.9. The summed E-state index contributed by atoms with van der Waals surface area (Å²) in [5.74, 6) is 0.831. The first-order valence-corrected chi connectivity index (χ1v) is 20.6. The average Bonchev–Trinajstić information content (AvgIpc) is 3.49. The Hall–Kier alpha value is -0.853. The molecule has 9 nitrogen and oxygen atoms in total. The molecule has 5 rings (SSSR count). The fourth-order valence-electron chi connectivity index (χ4n) is 5.39. The van der Waals surface area contributed by atoms with Crippen LogP contribution in [0.5, 0.6) is 0 Å². The molecule has 0 radical (unpaired) electrons. The van der Waals surface area contributed by atoms with Crippen molar-refractivity contribution >= 4 is 54.2 Å². The van der Waals surface area contributed by atoms with Gasteiger partial charge in [0.2, 0.25) is 5.69 Å². The van der Waals surface area contributed by atoms with Crippen LogP contribution in [0.2, 0.25) is 18.1 Å². The lowest BCUT2D eigenvalue weighted by Crippen LogP contribution is -2.46. The van der Waals surface area contributed by atoms with Gasteiger partial charge in [-0.2, -0.15) is 0 Å². The lowest BCUT2D eigenvalue weighted by Gasteiger charge is -2.39. The third kappa shape index (κ3) is 5.77. The van der Waals surface area contributed by atoms with E-state index in [4.69, 9.17) is 35.8 Å². The number of nitrogens with zero attached hydrogens (tertiary/aromatic N) is 4. The van der Waals surface area contributed by atoms with E-state index in [0.717, 1.165) is 19.3 Å². The van der Waals surface area contributed by atoms with Gasteiger partial charge in [-0.05, 0) is 69.0 Å². The molecule has 39 heavy (non-hydrogen) atoms. The van der Waals surface area contributed by atoms with Crippen LogP contribution < -0.4 is 5.73 Å². The number of anilines is 1. The summed E-state index contributed by atoms with van der Waals surface area (Å²) in [5.41, 5.74) is 5.93. The molecule has 4 heterocycles. The summed E-state index contributed by atoms with van der Waals surface area (Å²) in [6, 6.07) is 0. The highest BCUT2D eigenvalue weighted by molar-refractivity contribution is 8.68. The van der Waals surface area contributed by atoms with E-state index in [1.54, 1.807) is 17.7 Å². The molecule has 0 amide bonds. The summed E-state index contributed by atoms with van der Waals surface area (Å²) in [5, 5.41) is 0.0562. The van der Waals surface area contributed by atoms with E-state index < -0.39 is 14.0 Å². The largest absolute Gasteiger partial charge is 0.411 e. The number of nitrogens with two attached hydrogens (primary N) is 1. The third-order valence-electron chi connectivity index (χ3n) is 8.97. The molecule has 13 heteroatoms. The average molecular weight is 612 g/mol. The molecule has 3 fully saturated rings. The van der Waals surface area contributed by atoms with E-state index in [2.05, 4.69) is 69.2 Å². The van der Waals surface area contributed by atoms with E-state index in [1.807, 2.05) is 4.57 Å². The molecule has 2 aromatic heterocycles. The van der Waals surface area contributed by atoms with Crippen LogP contribution in [0, 0.1) is 5.92 Å². The number of allylic oxidation sites excluding steroid dienone is 1. The summed E-state index contributed by atoms with van der Waals surface area (Å²) >= 11 is 7.80. The highest BCUT2D eigenvalue weighted by atomic mass is 32.9. The molecule has 2 aliphatic heterocycles. The number of nitrogen functional groups attached to an aromatic ring is 1. The van der Waals surface area contributed by atoms with Crippen LogP contribution >= 0.6 is 17.1 Å². The van der Waals surface area contributed by atoms with Gasteiger partial charge >= 0.3 is 0 Å². The van der Waals surface area contributed by atoms with Gasteiger partial charge in [0.15, 0.2) is 19.8 Å². The van der Waals surface area contributed by atoms with Crippen molar-refractivity contribution in [2.45, 2.75) is 108 Å². The predicted molar refractivity (Wildman–Crippen MR) is 164 cm³/mol. The lowest BCUT2D eigenvalue weighted by atomic mass is 9.77. The molecule has 1 aliphatic carbocycles. The van der Waals surface area contributed by atoms with Crippen molar-refractivity contribution in [2.24, 2.45) is 5.92 Å². The molecule has 0 aromatic carbocycles. The number of fused-ring (bicyclic) bond motifs is 2. The molecule has 1 unspecified atom stereocenters. The minimum absolute atomic E-state index is 0.0209. The van der Waals surface area contributed by atoms with Crippen LogP contribution in [-0.4, -0.2) is 57.5 Å². The van der Waals surface area contributed by atoms with Gasteiger partial charge in [0.1, 0.15) is 24.2 Å². The summed E-state index contributed by atoms with van der Waals surface area (Å²) in [7, 11) is -2.09. The van der Waals surface area contributed by atoms with Crippen molar-refractivity contribution in [3.05, 3.63) is 24.8 Å². The molecule has 2 aromatic rings. The van der Waals surface area contributed by atoms with Crippen LogP contribution in [0.1, 0.15) is 66.5 Å². The van der Waals surface area contributed by atoms with Gasteiger partial charge in [-0.1, -0.05) is 44.3 Å². The highest BCUT2D eigenvalue weighted by Crippen LogP contribution is 2.75. The van der Waals surface area contributed by atoms with Gasteiger partial charge in [-0.25, -0.2) is 15.0 Å². The molecule has 0 spiro atoms. The van der Waals surface area contributed by atoms with E-state index in [9.17, 15) is 0 Å². The first-order valence-electron chi connectivity index (χ1n) is 13.7. The molecule has 2 N–H and O–H groups in total. The van der Waals surface area contributed by atoms with Crippen LogP contribution in [0.4, 0.5) is 5.82 Å². The number of aromatic nitrogens is 4. The van der Waals surface area contributed by atoms with Crippen molar-refractivity contribution in [3.63, 3.8) is 0 Å². The van der Waals surface area contributed by atoms with Crippen molar-refractivity contribution in [3.8, 4) is 0 Å². The second kappa shape index (κ2) is 10.5. The summed E-state index contributed by atoms with van der Waals surface area (Å²) < 4.78 is 28.5. The zero-order chi connectivity index (χ0) is 28.4. The van der Waals surface area contributed by atoms with Crippen LogP contribution in [0.25, 0.3) is 11.2 Å². The van der Waals surface area contributed by atoms with Crippen molar-refractivity contribution in [2.75, 3.05) is 12.3 Å². The van der Waals surface area contributed by atoms with Crippen LogP contribution in [-0.2, 0) is 30.0 Å². The Morgan fingerprint density at radius 1 is 1.33 bits per heavy atom. The maximum Gasteiger partial charge on any atom is 0.248 e. The van der Waals surface area contributed by atoms with E-state index >= 15 is 0 Å². The van der Waals surface area contributed by atoms with Crippen molar-refractivity contribution in [1.82, 2.24) is 19.5 Å². The first-order chi connectivity index (χ1) is 18.1. The summed E-state index contributed by atoms with van der Waals surface area (Å²) in [6.07, 6.45) is 6.25. The van der Waals surface area contributed by atoms with Crippen molar-refractivity contribution in [1.29, 1.82) is 0 Å². The number of rotatable bonds is 7.